The van der Waals surface area contributed by atoms with Crippen molar-refractivity contribution < 1.29 is 19.1 Å². The van der Waals surface area contributed by atoms with E-state index < -0.39 is 11.9 Å². The highest BCUT2D eigenvalue weighted by Crippen LogP contribution is 2.29. The summed E-state index contributed by atoms with van der Waals surface area (Å²) in [5.41, 5.74) is 3.50. The fraction of sp³-hybridized carbons (Fsp3) is 0.0952. The van der Waals surface area contributed by atoms with Gasteiger partial charge in [-0.1, -0.05) is 11.6 Å². The maximum absolute atomic E-state index is 12.3. The number of carbonyl (C=O) groups excluding carboxylic acids is 2. The fourth-order valence-corrected chi connectivity index (χ4v) is 2.47. The number of rotatable bonds is 7. The average molecular weight is 425 g/mol. The number of nitrogens with one attached hydrogen (secondary N) is 1. The van der Waals surface area contributed by atoms with Gasteiger partial charge >= 0.3 is 5.97 Å². The molecule has 0 bridgehead atoms. The molecule has 0 unspecified atom stereocenters. The average Bonchev–Trinajstić information content (AvgIpc) is 2.76. The number of aromatic nitrogens is 2. The van der Waals surface area contributed by atoms with Crippen LogP contribution in [-0.4, -0.2) is 34.7 Å². The molecule has 0 radical (unpaired) electrons. The third-order valence-corrected chi connectivity index (χ3v) is 3.98. The SMILES string of the molecule is CCOc1cc(/C=N/NC(=O)c2cnccn2)ccc1OC(=O)c1ccc(Cl)cc1. The van der Waals surface area contributed by atoms with Crippen LogP contribution in [0.4, 0.5) is 0 Å². The molecule has 1 heterocycles. The van der Waals surface area contributed by atoms with Crippen LogP contribution in [0.25, 0.3) is 0 Å². The van der Waals surface area contributed by atoms with E-state index in [-0.39, 0.29) is 11.4 Å². The summed E-state index contributed by atoms with van der Waals surface area (Å²) in [6.45, 7) is 2.18. The number of halogens is 1. The number of hydrogen-bond donors (Lipinski definition) is 1. The lowest BCUT2D eigenvalue weighted by atomic mass is 10.2. The molecule has 0 atom stereocenters. The van der Waals surface area contributed by atoms with Gasteiger partial charge in [0.15, 0.2) is 11.5 Å². The Hall–Kier alpha value is -3.78. The zero-order chi connectivity index (χ0) is 21.3. The van der Waals surface area contributed by atoms with E-state index in [1.54, 1.807) is 42.5 Å². The van der Waals surface area contributed by atoms with Gasteiger partial charge < -0.3 is 9.47 Å². The third kappa shape index (κ3) is 5.62. The molecule has 0 saturated carbocycles. The zero-order valence-corrected chi connectivity index (χ0v) is 16.7. The van der Waals surface area contributed by atoms with Gasteiger partial charge in [0.2, 0.25) is 0 Å². The summed E-state index contributed by atoms with van der Waals surface area (Å²) in [4.78, 5) is 32.0. The van der Waals surface area contributed by atoms with Gasteiger partial charge in [-0.15, -0.1) is 0 Å². The van der Waals surface area contributed by atoms with Crippen molar-refractivity contribution in [3.05, 3.63) is 82.9 Å². The van der Waals surface area contributed by atoms with E-state index in [1.807, 2.05) is 6.92 Å². The van der Waals surface area contributed by atoms with E-state index in [4.69, 9.17) is 21.1 Å². The van der Waals surface area contributed by atoms with Crippen LogP contribution in [0, 0.1) is 0 Å². The Morgan fingerprint density at radius 3 is 2.63 bits per heavy atom. The summed E-state index contributed by atoms with van der Waals surface area (Å²) in [7, 11) is 0. The second kappa shape index (κ2) is 10.1. The van der Waals surface area contributed by atoms with E-state index in [2.05, 4.69) is 20.5 Å². The first-order valence-corrected chi connectivity index (χ1v) is 9.28. The Bertz CT molecular complexity index is 1060. The Labute approximate surface area is 177 Å². The molecule has 0 aliphatic heterocycles. The van der Waals surface area contributed by atoms with Crippen molar-refractivity contribution in [2.75, 3.05) is 6.61 Å². The monoisotopic (exact) mass is 424 g/mol. The van der Waals surface area contributed by atoms with Gasteiger partial charge in [0.1, 0.15) is 5.69 Å². The molecule has 9 heteroatoms. The van der Waals surface area contributed by atoms with Crippen molar-refractivity contribution in [3.8, 4) is 11.5 Å². The van der Waals surface area contributed by atoms with Crippen molar-refractivity contribution in [1.29, 1.82) is 0 Å². The fourth-order valence-electron chi connectivity index (χ4n) is 2.34. The Morgan fingerprint density at radius 2 is 1.93 bits per heavy atom. The van der Waals surface area contributed by atoms with Gasteiger partial charge in [0, 0.05) is 17.4 Å². The smallest absolute Gasteiger partial charge is 0.343 e. The maximum atomic E-state index is 12.3. The summed E-state index contributed by atoms with van der Waals surface area (Å²) in [5.74, 6) is -0.398. The minimum atomic E-state index is -0.537. The van der Waals surface area contributed by atoms with Gasteiger partial charge in [0.05, 0.1) is 24.6 Å². The first-order chi connectivity index (χ1) is 14.6. The second-order valence-corrected chi connectivity index (χ2v) is 6.26. The lowest BCUT2D eigenvalue weighted by molar-refractivity contribution is 0.0728. The first-order valence-electron chi connectivity index (χ1n) is 8.91. The van der Waals surface area contributed by atoms with Gasteiger partial charge in [-0.25, -0.2) is 15.2 Å². The molecule has 0 aliphatic rings. The van der Waals surface area contributed by atoms with Gasteiger partial charge in [-0.2, -0.15) is 5.10 Å². The molecule has 1 aromatic heterocycles. The molecule has 0 aliphatic carbocycles. The van der Waals surface area contributed by atoms with Gasteiger partial charge in [-0.05, 0) is 55.0 Å². The second-order valence-electron chi connectivity index (χ2n) is 5.83. The van der Waals surface area contributed by atoms with Crippen LogP contribution in [0.15, 0.2) is 66.2 Å². The van der Waals surface area contributed by atoms with E-state index in [0.29, 0.717) is 28.5 Å². The highest BCUT2D eigenvalue weighted by molar-refractivity contribution is 6.30. The van der Waals surface area contributed by atoms with Crippen molar-refractivity contribution >= 4 is 29.7 Å². The quantitative estimate of drug-likeness (QED) is 0.269. The number of amides is 1. The molecule has 30 heavy (non-hydrogen) atoms. The molecular weight excluding hydrogens is 408 g/mol. The summed E-state index contributed by atoms with van der Waals surface area (Å²) in [5, 5.41) is 4.42. The van der Waals surface area contributed by atoms with E-state index in [0.717, 1.165) is 0 Å². The first kappa shape index (κ1) is 20.9. The highest BCUT2D eigenvalue weighted by Gasteiger charge is 2.13. The molecule has 1 amide bonds. The number of carbonyl (C=O) groups is 2. The van der Waals surface area contributed by atoms with Crippen LogP contribution in [0.1, 0.15) is 33.3 Å². The lowest BCUT2D eigenvalue weighted by Gasteiger charge is -2.11. The van der Waals surface area contributed by atoms with E-state index in [9.17, 15) is 9.59 Å². The topological polar surface area (TPSA) is 103 Å². The largest absolute Gasteiger partial charge is 0.490 e. The number of benzene rings is 2. The van der Waals surface area contributed by atoms with Crippen molar-refractivity contribution in [2.45, 2.75) is 6.92 Å². The molecule has 8 nitrogen and oxygen atoms in total. The summed E-state index contributed by atoms with van der Waals surface area (Å²) < 4.78 is 11.0. The normalized spacial score (nSPS) is 10.6. The Kier molecular flexibility index (Phi) is 7.07. The maximum Gasteiger partial charge on any atom is 0.343 e. The van der Waals surface area contributed by atoms with Crippen LogP contribution in [0.2, 0.25) is 5.02 Å². The minimum absolute atomic E-state index is 0.147. The van der Waals surface area contributed by atoms with Crippen LogP contribution in [0.3, 0.4) is 0 Å². The Morgan fingerprint density at radius 1 is 1.13 bits per heavy atom. The molecule has 2 aromatic carbocycles. The third-order valence-electron chi connectivity index (χ3n) is 3.73. The van der Waals surface area contributed by atoms with Crippen LogP contribution in [0.5, 0.6) is 11.5 Å². The molecule has 1 N–H and O–H groups in total. The molecular formula is C21H17ClN4O4. The number of nitrogens with zero attached hydrogens (tertiary/aromatic N) is 3. The number of hydrogen-bond acceptors (Lipinski definition) is 7. The van der Waals surface area contributed by atoms with Crippen molar-refractivity contribution in [1.82, 2.24) is 15.4 Å². The summed E-state index contributed by atoms with van der Waals surface area (Å²) >= 11 is 5.84. The van der Waals surface area contributed by atoms with Crippen LogP contribution < -0.4 is 14.9 Å². The summed E-state index contributed by atoms with van der Waals surface area (Å²) in [6, 6.07) is 11.3. The number of ether oxygens (including phenoxy) is 2. The molecule has 3 aromatic rings. The summed E-state index contributed by atoms with van der Waals surface area (Å²) in [6.07, 6.45) is 5.65. The molecule has 0 saturated heterocycles. The molecule has 152 valence electrons. The molecule has 3 rings (SSSR count). The highest BCUT2D eigenvalue weighted by atomic mass is 35.5. The Balaban J connectivity index is 1.70. The van der Waals surface area contributed by atoms with Gasteiger partial charge in [-0.3, -0.25) is 9.78 Å². The molecule has 0 spiro atoms. The minimum Gasteiger partial charge on any atom is -0.490 e. The number of hydrazone groups is 1. The molecule has 0 fully saturated rings. The number of esters is 1. The van der Waals surface area contributed by atoms with E-state index >= 15 is 0 Å². The van der Waals surface area contributed by atoms with Gasteiger partial charge in [0.25, 0.3) is 5.91 Å². The predicted molar refractivity (Wildman–Crippen MR) is 111 cm³/mol. The van der Waals surface area contributed by atoms with Crippen molar-refractivity contribution in [3.63, 3.8) is 0 Å². The van der Waals surface area contributed by atoms with E-state index in [1.165, 1.54) is 24.8 Å². The standard InChI is InChI=1S/C21H17ClN4O4/c1-2-29-19-11-14(12-25-26-20(27)17-13-23-9-10-24-17)3-8-18(19)30-21(28)15-4-6-16(22)7-5-15/h3-13H,2H2,1H3,(H,26,27)/b25-12+. The van der Waals surface area contributed by atoms with Crippen molar-refractivity contribution in [2.24, 2.45) is 5.10 Å². The lowest BCUT2D eigenvalue weighted by Crippen LogP contribution is -2.19. The van der Waals surface area contributed by atoms with Crippen LogP contribution in [-0.2, 0) is 0 Å². The van der Waals surface area contributed by atoms with Crippen LogP contribution >= 0.6 is 11.6 Å². The zero-order valence-electron chi connectivity index (χ0n) is 15.9. The predicted octanol–water partition coefficient (Wildman–Crippen LogP) is 3.51.